The van der Waals surface area contributed by atoms with E-state index >= 15 is 0 Å². The van der Waals surface area contributed by atoms with E-state index in [1.54, 1.807) is 19.1 Å². The third-order valence-electron chi connectivity index (χ3n) is 2.96. The molecule has 0 aromatic carbocycles. The van der Waals surface area contributed by atoms with Crippen molar-refractivity contribution in [3.63, 3.8) is 0 Å². The number of carbonyl (C=O) groups excluding carboxylic acids is 2. The molecule has 0 aromatic heterocycles. The fourth-order valence-electron chi connectivity index (χ4n) is 1.94. The first kappa shape index (κ1) is 17.0. The zero-order valence-electron chi connectivity index (χ0n) is 12.8. The molecule has 0 bridgehead atoms. The number of hydrogen-bond donors (Lipinski definition) is 4. The normalized spacial score (nSPS) is 22.5. The number of hydrogen-bond acceptors (Lipinski definition) is 3. The van der Waals surface area contributed by atoms with Crippen LogP contribution in [0.2, 0.25) is 0 Å². The summed E-state index contributed by atoms with van der Waals surface area (Å²) in [7, 11) is 0. The molecule has 1 aliphatic rings. The summed E-state index contributed by atoms with van der Waals surface area (Å²) in [4.78, 5) is 34.4. The van der Waals surface area contributed by atoms with Crippen molar-refractivity contribution < 1.29 is 19.5 Å². The number of nitrogens with one attached hydrogen (secondary N) is 3. The third-order valence-corrected chi connectivity index (χ3v) is 2.96. The van der Waals surface area contributed by atoms with Gasteiger partial charge in [-0.15, -0.1) is 0 Å². The maximum atomic E-state index is 11.8. The van der Waals surface area contributed by atoms with Crippen molar-refractivity contribution in [3.8, 4) is 0 Å². The van der Waals surface area contributed by atoms with E-state index in [1.165, 1.54) is 0 Å². The van der Waals surface area contributed by atoms with Gasteiger partial charge in [0.05, 0.1) is 12.0 Å². The zero-order chi connectivity index (χ0) is 16.2. The highest BCUT2D eigenvalue weighted by Gasteiger charge is 2.26. The van der Waals surface area contributed by atoms with Gasteiger partial charge in [-0.25, -0.2) is 4.79 Å². The van der Waals surface area contributed by atoms with Crippen LogP contribution in [-0.4, -0.2) is 40.6 Å². The van der Waals surface area contributed by atoms with Gasteiger partial charge in [-0.2, -0.15) is 0 Å². The van der Waals surface area contributed by atoms with Crippen molar-refractivity contribution in [3.05, 3.63) is 12.2 Å². The Morgan fingerprint density at radius 3 is 2.33 bits per heavy atom. The van der Waals surface area contributed by atoms with Gasteiger partial charge in [-0.1, -0.05) is 12.2 Å². The lowest BCUT2D eigenvalue weighted by Gasteiger charge is -2.24. The first-order valence-electron chi connectivity index (χ1n) is 6.88. The second-order valence-electron chi connectivity index (χ2n) is 6.25. The maximum Gasteiger partial charge on any atom is 0.315 e. The van der Waals surface area contributed by atoms with Crippen LogP contribution in [0.15, 0.2) is 12.2 Å². The Balaban J connectivity index is 2.39. The minimum atomic E-state index is -0.908. The van der Waals surface area contributed by atoms with Crippen LogP contribution in [0.3, 0.4) is 0 Å². The molecule has 1 aliphatic carbocycles. The number of amides is 3. The van der Waals surface area contributed by atoms with Crippen LogP contribution >= 0.6 is 0 Å². The molecule has 0 aromatic rings. The predicted octanol–water partition coefficient (Wildman–Crippen LogP) is 0.618. The van der Waals surface area contributed by atoms with Crippen LogP contribution in [0.4, 0.5) is 4.79 Å². The zero-order valence-corrected chi connectivity index (χ0v) is 12.8. The Morgan fingerprint density at radius 1 is 1.24 bits per heavy atom. The number of carboxylic acids is 1. The van der Waals surface area contributed by atoms with Gasteiger partial charge in [0, 0.05) is 5.54 Å². The highest BCUT2D eigenvalue weighted by molar-refractivity contribution is 5.87. The van der Waals surface area contributed by atoms with Gasteiger partial charge >= 0.3 is 12.0 Å². The summed E-state index contributed by atoms with van der Waals surface area (Å²) in [6.07, 6.45) is 3.53. The lowest BCUT2D eigenvalue weighted by atomic mass is 10.1. The monoisotopic (exact) mass is 297 g/mol. The molecule has 118 valence electrons. The smallest absolute Gasteiger partial charge is 0.315 e. The SMILES string of the molecule is CC(NC(=O)NC1C=CC(C(=O)O)C1)C(=O)NC(C)(C)C. The quantitative estimate of drug-likeness (QED) is 0.570. The van der Waals surface area contributed by atoms with Crippen molar-refractivity contribution in [2.45, 2.75) is 51.7 Å². The van der Waals surface area contributed by atoms with Crippen LogP contribution < -0.4 is 16.0 Å². The Labute approximate surface area is 124 Å². The molecule has 4 N–H and O–H groups in total. The summed E-state index contributed by atoms with van der Waals surface area (Å²) in [5, 5.41) is 16.8. The molecule has 21 heavy (non-hydrogen) atoms. The fourth-order valence-corrected chi connectivity index (χ4v) is 1.94. The van der Waals surface area contributed by atoms with E-state index in [0.717, 1.165) is 0 Å². The van der Waals surface area contributed by atoms with Crippen LogP contribution in [0.1, 0.15) is 34.1 Å². The molecule has 0 fully saturated rings. The summed E-state index contributed by atoms with van der Waals surface area (Å²) < 4.78 is 0. The molecule has 0 heterocycles. The van der Waals surface area contributed by atoms with Gasteiger partial charge in [-0.3, -0.25) is 9.59 Å². The molecule has 0 radical (unpaired) electrons. The average molecular weight is 297 g/mol. The number of rotatable bonds is 4. The molecule has 3 unspecified atom stereocenters. The molecule has 3 amide bonds. The van der Waals surface area contributed by atoms with E-state index in [-0.39, 0.29) is 17.5 Å². The average Bonchev–Trinajstić information content (AvgIpc) is 2.74. The van der Waals surface area contributed by atoms with Crippen molar-refractivity contribution in [1.29, 1.82) is 0 Å². The second-order valence-corrected chi connectivity index (χ2v) is 6.25. The van der Waals surface area contributed by atoms with E-state index in [4.69, 9.17) is 5.11 Å². The minimum Gasteiger partial charge on any atom is -0.481 e. The lowest BCUT2D eigenvalue weighted by molar-refractivity contribution is -0.140. The minimum absolute atomic E-state index is 0.275. The Morgan fingerprint density at radius 2 is 1.86 bits per heavy atom. The molecule has 7 nitrogen and oxygen atoms in total. The van der Waals surface area contributed by atoms with Gasteiger partial charge in [0.25, 0.3) is 0 Å². The summed E-state index contributed by atoms with van der Waals surface area (Å²) in [6.45, 7) is 7.15. The second kappa shape index (κ2) is 6.60. The molecule has 0 spiro atoms. The summed E-state index contributed by atoms with van der Waals surface area (Å²) in [5.74, 6) is -1.76. The van der Waals surface area contributed by atoms with Crippen molar-refractivity contribution >= 4 is 17.9 Å². The van der Waals surface area contributed by atoms with Gasteiger partial charge in [-0.05, 0) is 34.1 Å². The summed E-state index contributed by atoms with van der Waals surface area (Å²) in [6, 6.07) is -1.50. The highest BCUT2D eigenvalue weighted by atomic mass is 16.4. The molecule has 0 aliphatic heterocycles. The van der Waals surface area contributed by atoms with Gasteiger partial charge in [0.2, 0.25) is 5.91 Å². The molecule has 3 atom stereocenters. The number of carbonyl (C=O) groups is 3. The lowest BCUT2D eigenvalue weighted by Crippen LogP contribution is -2.53. The van der Waals surface area contributed by atoms with Crippen LogP contribution in [-0.2, 0) is 9.59 Å². The Kier molecular flexibility index (Phi) is 5.34. The standard InChI is InChI=1S/C14H23N3O4/c1-8(11(18)17-14(2,3)4)15-13(21)16-10-6-5-9(7-10)12(19)20/h5-6,8-10H,7H2,1-4H3,(H,17,18)(H,19,20)(H2,15,16,21). The van der Waals surface area contributed by atoms with E-state index in [2.05, 4.69) is 16.0 Å². The van der Waals surface area contributed by atoms with Crippen LogP contribution in [0.25, 0.3) is 0 Å². The molecule has 7 heteroatoms. The van der Waals surface area contributed by atoms with Crippen molar-refractivity contribution in [2.75, 3.05) is 0 Å². The Bertz CT molecular complexity index is 454. The molecular weight excluding hydrogens is 274 g/mol. The van der Waals surface area contributed by atoms with Gasteiger partial charge < -0.3 is 21.1 Å². The van der Waals surface area contributed by atoms with Crippen LogP contribution in [0.5, 0.6) is 0 Å². The highest BCUT2D eigenvalue weighted by Crippen LogP contribution is 2.17. The van der Waals surface area contributed by atoms with Crippen molar-refractivity contribution in [1.82, 2.24) is 16.0 Å². The molecular formula is C14H23N3O4. The number of urea groups is 1. The predicted molar refractivity (Wildman–Crippen MR) is 77.7 cm³/mol. The topological polar surface area (TPSA) is 108 Å². The van der Waals surface area contributed by atoms with E-state index in [9.17, 15) is 14.4 Å². The number of aliphatic carboxylic acids is 1. The van der Waals surface area contributed by atoms with Gasteiger partial charge in [0.1, 0.15) is 6.04 Å². The van der Waals surface area contributed by atoms with Crippen LogP contribution in [0, 0.1) is 5.92 Å². The first-order chi connectivity index (χ1) is 9.58. The van der Waals surface area contributed by atoms with Crippen molar-refractivity contribution in [2.24, 2.45) is 5.92 Å². The fraction of sp³-hybridized carbons (Fsp3) is 0.643. The summed E-state index contributed by atoms with van der Waals surface area (Å²) in [5.41, 5.74) is -0.369. The number of carboxylic acid groups (broad SMARTS) is 1. The van der Waals surface area contributed by atoms with E-state index < -0.39 is 24.0 Å². The first-order valence-corrected chi connectivity index (χ1v) is 6.88. The molecule has 0 saturated carbocycles. The van der Waals surface area contributed by atoms with Gasteiger partial charge in [0.15, 0.2) is 0 Å². The largest absolute Gasteiger partial charge is 0.481 e. The third kappa shape index (κ3) is 5.85. The Hall–Kier alpha value is -2.05. The van der Waals surface area contributed by atoms with E-state index in [0.29, 0.717) is 6.42 Å². The molecule has 0 saturated heterocycles. The summed E-state index contributed by atoms with van der Waals surface area (Å²) >= 11 is 0. The van der Waals surface area contributed by atoms with E-state index in [1.807, 2.05) is 20.8 Å². The maximum absolute atomic E-state index is 11.8. The molecule has 1 rings (SSSR count).